The van der Waals surface area contributed by atoms with Gasteiger partial charge in [0, 0.05) is 49.4 Å². The Hall–Kier alpha value is -3.66. The first-order valence-corrected chi connectivity index (χ1v) is 13.5. The average Bonchev–Trinajstić information content (AvgIpc) is 2.86. The summed E-state index contributed by atoms with van der Waals surface area (Å²) in [4.78, 5) is 48.3. The first-order valence-electron chi connectivity index (χ1n) is 13.5. The largest absolute Gasteiger partial charge is 0.510 e. The molecular formula is C28H36F3N5O7. The van der Waals surface area contributed by atoms with Crippen LogP contribution in [0.5, 0.6) is 5.75 Å². The lowest BCUT2D eigenvalue weighted by atomic mass is 9.58. The van der Waals surface area contributed by atoms with E-state index in [0.29, 0.717) is 11.3 Å². The summed E-state index contributed by atoms with van der Waals surface area (Å²) in [5.41, 5.74) is 2.64. The number of benzene rings is 1. The molecule has 8 N–H and O–H groups in total. The average molecular weight is 612 g/mol. The number of likely N-dealkylation sites (N-methyl/N-ethyl adjacent to an activating group) is 1. The second kappa shape index (κ2) is 11.1. The van der Waals surface area contributed by atoms with Crippen LogP contribution in [0.1, 0.15) is 41.3 Å². The minimum absolute atomic E-state index is 0.0273. The third-order valence-electron chi connectivity index (χ3n) is 8.53. The highest BCUT2D eigenvalue weighted by molar-refractivity contribution is 6.25. The first kappa shape index (κ1) is 32.3. The maximum absolute atomic E-state index is 14.2. The van der Waals surface area contributed by atoms with Crippen LogP contribution in [0, 0.1) is 11.8 Å². The zero-order valence-electron chi connectivity index (χ0n) is 24.4. The number of nitrogens with two attached hydrogens (primary N) is 2. The van der Waals surface area contributed by atoms with E-state index in [9.17, 15) is 42.9 Å². The third kappa shape index (κ3) is 5.24. The summed E-state index contributed by atoms with van der Waals surface area (Å²) in [6, 6.07) is -0.486. The summed E-state index contributed by atoms with van der Waals surface area (Å²) in [6.07, 6.45) is -5.42. The van der Waals surface area contributed by atoms with Crippen LogP contribution in [0.4, 0.5) is 18.9 Å². The van der Waals surface area contributed by atoms with Crippen LogP contribution in [0.2, 0.25) is 0 Å². The number of amides is 1. The monoisotopic (exact) mass is 611 g/mol. The predicted molar refractivity (Wildman–Crippen MR) is 148 cm³/mol. The number of hydrogen-bond donors (Lipinski definition) is 6. The van der Waals surface area contributed by atoms with E-state index >= 15 is 0 Å². The molecule has 1 amide bonds. The van der Waals surface area contributed by atoms with Gasteiger partial charge in [-0.2, -0.15) is 19.1 Å². The van der Waals surface area contributed by atoms with Crippen molar-refractivity contribution >= 4 is 23.2 Å². The van der Waals surface area contributed by atoms with Gasteiger partial charge < -0.3 is 36.1 Å². The Bertz CT molecular complexity index is 1440. The minimum Gasteiger partial charge on any atom is -0.510 e. The number of aromatic hydroxyl groups is 1. The molecular weight excluding hydrogens is 575 g/mol. The number of fused-ring (bicyclic) bond motifs is 3. The molecule has 1 aromatic carbocycles. The third-order valence-corrected chi connectivity index (χ3v) is 8.53. The fourth-order valence-corrected chi connectivity index (χ4v) is 6.72. The molecule has 0 fully saturated rings. The number of carbonyl (C=O) groups is 3. The lowest BCUT2D eigenvalue weighted by molar-refractivity contribution is -0.150. The van der Waals surface area contributed by atoms with Crippen LogP contribution in [-0.4, -0.2) is 89.7 Å². The van der Waals surface area contributed by atoms with Gasteiger partial charge in [-0.1, -0.05) is 0 Å². The number of carbonyl (C=O) groups excluding carboxylic acids is 3. The minimum atomic E-state index is -4.41. The van der Waals surface area contributed by atoms with E-state index in [1.165, 1.54) is 11.8 Å². The molecule has 0 bridgehead atoms. The number of rotatable bonds is 8. The van der Waals surface area contributed by atoms with Gasteiger partial charge in [-0.15, -0.1) is 0 Å². The second-order valence-electron chi connectivity index (χ2n) is 11.8. The quantitative estimate of drug-likeness (QED) is 0.181. The molecule has 1 unspecified atom stereocenters. The van der Waals surface area contributed by atoms with Gasteiger partial charge in [0.1, 0.15) is 17.1 Å². The van der Waals surface area contributed by atoms with Crippen LogP contribution in [0.25, 0.3) is 0 Å². The van der Waals surface area contributed by atoms with E-state index in [0.717, 1.165) is 0 Å². The zero-order valence-corrected chi connectivity index (χ0v) is 24.4. The van der Waals surface area contributed by atoms with Crippen LogP contribution < -0.4 is 21.8 Å². The fourth-order valence-electron chi connectivity index (χ4n) is 6.72. The number of anilines is 1. The number of phenolic OH excluding ortho intramolecular Hbond substituents is 1. The Kier molecular flexibility index (Phi) is 8.34. The number of Topliss-reactive ketones (excluding diaryl/α,β-unsaturated/α-hetero) is 2. The normalized spacial score (nSPS) is 26.3. The highest BCUT2D eigenvalue weighted by Crippen LogP contribution is 2.54. The van der Waals surface area contributed by atoms with Gasteiger partial charge in [-0.05, 0) is 51.4 Å². The molecule has 15 heteroatoms. The number of allylic oxidation sites excluding steroid dienone is 1. The van der Waals surface area contributed by atoms with Gasteiger partial charge in [0.25, 0.3) is 5.91 Å². The molecule has 1 aromatic rings. The molecule has 236 valence electrons. The highest BCUT2D eigenvalue weighted by atomic mass is 19.4. The Balaban J connectivity index is 1.89. The zero-order chi connectivity index (χ0) is 32.3. The van der Waals surface area contributed by atoms with E-state index in [1.807, 2.05) is 0 Å². The van der Waals surface area contributed by atoms with E-state index in [2.05, 4.69) is 5.32 Å². The summed E-state index contributed by atoms with van der Waals surface area (Å²) in [5, 5.41) is 36.9. The molecule has 43 heavy (non-hydrogen) atoms. The maximum atomic E-state index is 14.2. The number of aliphatic hydroxyl groups excluding tert-OH is 1. The van der Waals surface area contributed by atoms with Crippen LogP contribution in [0.15, 0.2) is 28.7 Å². The number of phenols is 1. The Morgan fingerprint density at radius 3 is 2.37 bits per heavy atom. The molecule has 3 aliphatic carbocycles. The molecule has 3 aliphatic rings. The van der Waals surface area contributed by atoms with Crippen molar-refractivity contribution in [3.63, 3.8) is 0 Å². The first-order chi connectivity index (χ1) is 19.9. The number of ketones is 2. The van der Waals surface area contributed by atoms with Crippen LogP contribution in [-0.2, 0) is 27.4 Å². The smallest absolute Gasteiger partial charge is 0.390 e. The van der Waals surface area contributed by atoms with E-state index < -0.39 is 82.4 Å². The van der Waals surface area contributed by atoms with E-state index in [4.69, 9.17) is 16.5 Å². The Morgan fingerprint density at radius 2 is 1.86 bits per heavy atom. The molecule has 0 spiro atoms. The summed E-state index contributed by atoms with van der Waals surface area (Å²) in [6.45, 7) is 1.14. The summed E-state index contributed by atoms with van der Waals surface area (Å²) in [7, 11) is 6.53. The van der Waals surface area contributed by atoms with Crippen molar-refractivity contribution in [2.24, 2.45) is 23.5 Å². The van der Waals surface area contributed by atoms with Crippen molar-refractivity contribution in [1.82, 2.24) is 10.2 Å². The molecule has 0 aromatic heterocycles. The number of primary amides is 1. The molecule has 5 atom stereocenters. The highest BCUT2D eigenvalue weighted by Gasteiger charge is 2.64. The van der Waals surface area contributed by atoms with Crippen molar-refractivity contribution in [3.8, 4) is 5.75 Å². The summed E-state index contributed by atoms with van der Waals surface area (Å²) < 4.78 is 38.6. The molecule has 12 nitrogen and oxygen atoms in total. The van der Waals surface area contributed by atoms with Gasteiger partial charge in [0.2, 0.25) is 5.78 Å². The van der Waals surface area contributed by atoms with E-state index in [-0.39, 0.29) is 36.1 Å². The van der Waals surface area contributed by atoms with Crippen molar-refractivity contribution in [2.45, 2.75) is 56.6 Å². The van der Waals surface area contributed by atoms with Gasteiger partial charge in [-0.25, -0.2) is 0 Å². The number of aliphatic hydroxyl groups is 2. The van der Waals surface area contributed by atoms with Gasteiger partial charge in [0.05, 0.1) is 18.0 Å². The van der Waals surface area contributed by atoms with Crippen molar-refractivity contribution < 1.29 is 47.7 Å². The summed E-state index contributed by atoms with van der Waals surface area (Å²) >= 11 is 0. The number of nitrogens with zero attached hydrogens (tertiary/aromatic N) is 2. The SMILES string of the molecule is CC(CC(F)(F)F)NCc1cc(N(C)C)c2c(c1O)C(=O)C1=C(ON)[C@]3(O)C(=O)C(C(N)=O)=C(O)[C@@H](N(C)C)[C@@H]3C[C@@H]1C2. The number of alkyl halides is 3. The molecule has 0 radical (unpaired) electrons. The van der Waals surface area contributed by atoms with E-state index in [1.54, 1.807) is 39.2 Å². The predicted octanol–water partition coefficient (Wildman–Crippen LogP) is 0.949. The Labute approximate surface area is 245 Å². The van der Waals surface area contributed by atoms with Gasteiger partial charge >= 0.3 is 6.18 Å². The fraction of sp³-hybridized carbons (Fsp3) is 0.536. The standard InChI is InChI=1S/C28H36F3N5O7/c1-11(9-27(29,30)31)34-10-13-8-16(35(2)3)14-6-12-7-15-20(36(4)5)23(39)19(26(32)41)24(40)28(15,42)25(43-33)17(12)22(38)18(14)21(13)37/h8,11-12,15,20,34,37,39,42H,6-7,9-10,33H2,1-5H3,(H2,32,41)/t11?,12-,15-,20-,28+/m0/s1. The number of halogens is 3. The topological polar surface area (TPSA) is 192 Å². The second-order valence-corrected chi connectivity index (χ2v) is 11.8. The number of nitrogens with one attached hydrogen (secondary N) is 1. The molecule has 0 saturated heterocycles. The molecule has 0 saturated carbocycles. The van der Waals surface area contributed by atoms with Crippen molar-refractivity contribution in [3.05, 3.63) is 45.4 Å². The summed E-state index contributed by atoms with van der Waals surface area (Å²) in [5.74, 6) is -1.32. The number of hydrogen-bond acceptors (Lipinski definition) is 11. The molecule has 0 heterocycles. The van der Waals surface area contributed by atoms with Gasteiger partial charge in [0.15, 0.2) is 17.1 Å². The molecule has 4 rings (SSSR count). The van der Waals surface area contributed by atoms with Crippen molar-refractivity contribution in [1.29, 1.82) is 0 Å². The van der Waals surface area contributed by atoms with Crippen molar-refractivity contribution in [2.75, 3.05) is 33.1 Å². The maximum Gasteiger partial charge on any atom is 0.390 e. The lowest BCUT2D eigenvalue weighted by Crippen LogP contribution is -2.64. The van der Waals surface area contributed by atoms with Crippen LogP contribution in [0.3, 0.4) is 0 Å². The Morgan fingerprint density at radius 1 is 1.23 bits per heavy atom. The lowest BCUT2D eigenvalue weighted by Gasteiger charge is -2.50. The van der Waals surface area contributed by atoms with Crippen LogP contribution >= 0.6 is 0 Å². The van der Waals surface area contributed by atoms with Gasteiger partial charge in [-0.3, -0.25) is 19.3 Å². The molecule has 0 aliphatic heterocycles.